The third-order valence-electron chi connectivity index (χ3n) is 5.64. The van der Waals surface area contributed by atoms with E-state index in [4.69, 9.17) is 9.84 Å². The summed E-state index contributed by atoms with van der Waals surface area (Å²) < 4.78 is 6.43. The highest BCUT2D eigenvalue weighted by atomic mass is 16.5. The van der Waals surface area contributed by atoms with Gasteiger partial charge in [0.1, 0.15) is 11.9 Å². The third kappa shape index (κ3) is 5.12. The van der Waals surface area contributed by atoms with Crippen LogP contribution in [0, 0.1) is 0 Å². The van der Waals surface area contributed by atoms with Gasteiger partial charge in [-0.3, -0.25) is 9.89 Å². The van der Waals surface area contributed by atoms with Crippen molar-refractivity contribution in [3.8, 4) is 5.75 Å². The highest BCUT2D eigenvalue weighted by molar-refractivity contribution is 5.78. The highest BCUT2D eigenvalue weighted by Crippen LogP contribution is 2.30. The van der Waals surface area contributed by atoms with Gasteiger partial charge < -0.3 is 9.84 Å². The second-order valence-corrected chi connectivity index (χ2v) is 7.78. The fourth-order valence-electron chi connectivity index (χ4n) is 3.91. The fraction of sp³-hybridized carbons (Fsp3) is 0.231. The first-order chi connectivity index (χ1) is 15.1. The molecule has 5 nitrogen and oxygen atoms in total. The van der Waals surface area contributed by atoms with E-state index in [0.29, 0.717) is 0 Å². The third-order valence-corrected chi connectivity index (χ3v) is 5.64. The molecule has 0 saturated heterocycles. The summed E-state index contributed by atoms with van der Waals surface area (Å²) in [4.78, 5) is 11.1. The number of ether oxygens (including phenoxy) is 1. The smallest absolute Gasteiger partial charge is 0.303 e. The van der Waals surface area contributed by atoms with Crippen LogP contribution in [-0.4, -0.2) is 21.3 Å². The Balaban J connectivity index is 1.58. The standard InChI is InChI=1S/C26H26N2O3/c1-2-19(16-26(29)30)20-8-11-23(12-9-20)31-25(14-18-6-4-3-5-7-18)21-10-13-24-22(15-21)17-27-28-24/h3-13,15,17,19,25H,2,14,16H2,1H3,(H,27,28)(H,29,30). The van der Waals surface area contributed by atoms with E-state index in [-0.39, 0.29) is 18.4 Å². The van der Waals surface area contributed by atoms with Crippen molar-refractivity contribution in [3.05, 3.63) is 95.7 Å². The van der Waals surface area contributed by atoms with Crippen molar-refractivity contribution in [3.63, 3.8) is 0 Å². The summed E-state index contributed by atoms with van der Waals surface area (Å²) in [5.41, 5.74) is 4.30. The van der Waals surface area contributed by atoms with Gasteiger partial charge in [0, 0.05) is 11.8 Å². The summed E-state index contributed by atoms with van der Waals surface area (Å²) in [6.45, 7) is 2.01. The maximum atomic E-state index is 11.1. The number of aliphatic carboxylic acids is 1. The summed E-state index contributed by atoms with van der Waals surface area (Å²) in [7, 11) is 0. The van der Waals surface area contributed by atoms with Crippen LogP contribution in [0.25, 0.3) is 10.9 Å². The van der Waals surface area contributed by atoms with E-state index in [2.05, 4.69) is 34.5 Å². The quantitative estimate of drug-likeness (QED) is 0.358. The van der Waals surface area contributed by atoms with Gasteiger partial charge in [-0.25, -0.2) is 0 Å². The Morgan fingerprint density at radius 3 is 2.48 bits per heavy atom. The lowest BCUT2D eigenvalue weighted by molar-refractivity contribution is -0.137. The van der Waals surface area contributed by atoms with E-state index in [0.717, 1.165) is 40.6 Å². The number of hydrogen-bond acceptors (Lipinski definition) is 3. The zero-order valence-corrected chi connectivity index (χ0v) is 17.5. The van der Waals surface area contributed by atoms with E-state index in [1.54, 1.807) is 0 Å². The van der Waals surface area contributed by atoms with Gasteiger partial charge in [0.05, 0.1) is 18.1 Å². The van der Waals surface area contributed by atoms with Crippen molar-refractivity contribution < 1.29 is 14.6 Å². The number of H-pyrrole nitrogens is 1. The lowest BCUT2D eigenvalue weighted by Gasteiger charge is -2.21. The normalized spacial score (nSPS) is 13.1. The molecule has 0 radical (unpaired) electrons. The monoisotopic (exact) mass is 414 g/mol. The number of carboxylic acid groups (broad SMARTS) is 1. The highest BCUT2D eigenvalue weighted by Gasteiger charge is 2.17. The molecule has 158 valence electrons. The summed E-state index contributed by atoms with van der Waals surface area (Å²) in [5, 5.41) is 17.3. The van der Waals surface area contributed by atoms with E-state index in [1.165, 1.54) is 5.56 Å². The zero-order chi connectivity index (χ0) is 21.6. The van der Waals surface area contributed by atoms with Crippen molar-refractivity contribution in [1.29, 1.82) is 0 Å². The first-order valence-corrected chi connectivity index (χ1v) is 10.6. The molecule has 5 heteroatoms. The number of carbonyl (C=O) groups is 1. The lowest BCUT2D eigenvalue weighted by Crippen LogP contribution is -2.11. The molecule has 0 aliphatic carbocycles. The van der Waals surface area contributed by atoms with Crippen LogP contribution in [0.15, 0.2) is 79.0 Å². The number of carboxylic acids is 1. The predicted molar refractivity (Wildman–Crippen MR) is 121 cm³/mol. The Kier molecular flexibility index (Phi) is 6.32. The number of rotatable bonds is 9. The average Bonchev–Trinajstić information content (AvgIpc) is 3.26. The van der Waals surface area contributed by atoms with Crippen molar-refractivity contribution in [2.75, 3.05) is 0 Å². The number of benzene rings is 3. The molecule has 2 unspecified atom stereocenters. The van der Waals surface area contributed by atoms with E-state index in [1.807, 2.05) is 61.7 Å². The number of fused-ring (bicyclic) bond motifs is 1. The molecule has 2 N–H and O–H groups in total. The van der Waals surface area contributed by atoms with Crippen LogP contribution in [0.5, 0.6) is 5.75 Å². The number of nitrogens with one attached hydrogen (secondary N) is 1. The minimum absolute atomic E-state index is 0.00941. The van der Waals surface area contributed by atoms with Crippen LogP contribution in [0.4, 0.5) is 0 Å². The Labute approximate surface area is 181 Å². The van der Waals surface area contributed by atoms with E-state index in [9.17, 15) is 4.79 Å². The first-order valence-electron chi connectivity index (χ1n) is 10.6. The molecule has 0 fully saturated rings. The lowest BCUT2D eigenvalue weighted by atomic mass is 9.93. The summed E-state index contributed by atoms with van der Waals surface area (Å²) in [6, 6.07) is 24.3. The summed E-state index contributed by atoms with van der Waals surface area (Å²) >= 11 is 0. The number of aromatic amines is 1. The van der Waals surface area contributed by atoms with Gasteiger partial charge in [-0.15, -0.1) is 0 Å². The minimum Gasteiger partial charge on any atom is -0.485 e. The Bertz CT molecular complexity index is 1140. The van der Waals surface area contributed by atoms with E-state index < -0.39 is 5.97 Å². The molecular weight excluding hydrogens is 388 g/mol. The first kappa shape index (κ1) is 20.7. The molecule has 0 spiro atoms. The van der Waals surface area contributed by atoms with Gasteiger partial charge in [0.2, 0.25) is 0 Å². The van der Waals surface area contributed by atoms with Crippen LogP contribution >= 0.6 is 0 Å². The van der Waals surface area contributed by atoms with Crippen LogP contribution < -0.4 is 4.74 Å². The molecule has 0 aliphatic rings. The Hall–Kier alpha value is -3.60. The largest absolute Gasteiger partial charge is 0.485 e. The summed E-state index contributed by atoms with van der Waals surface area (Å²) in [6.07, 6.45) is 3.32. The minimum atomic E-state index is -0.773. The second kappa shape index (κ2) is 9.47. The molecule has 0 aliphatic heterocycles. The van der Waals surface area contributed by atoms with Gasteiger partial charge in [-0.2, -0.15) is 5.10 Å². The SMILES string of the molecule is CCC(CC(=O)O)c1ccc(OC(Cc2ccccc2)c2ccc3[nH]ncc3c2)cc1. The van der Waals surface area contributed by atoms with Crippen LogP contribution in [-0.2, 0) is 11.2 Å². The molecule has 4 aromatic rings. The van der Waals surface area contributed by atoms with Gasteiger partial charge in [0.15, 0.2) is 0 Å². The number of hydrogen-bond donors (Lipinski definition) is 2. The molecular formula is C26H26N2O3. The molecule has 2 atom stereocenters. The maximum Gasteiger partial charge on any atom is 0.303 e. The predicted octanol–water partition coefficient (Wildman–Crippen LogP) is 5.89. The van der Waals surface area contributed by atoms with Crippen molar-refractivity contribution in [2.24, 2.45) is 0 Å². The molecule has 1 aromatic heterocycles. The van der Waals surface area contributed by atoms with Gasteiger partial charge in [0.25, 0.3) is 0 Å². The van der Waals surface area contributed by atoms with Crippen LogP contribution in [0.3, 0.4) is 0 Å². The van der Waals surface area contributed by atoms with Crippen molar-refractivity contribution in [2.45, 2.75) is 38.2 Å². The summed E-state index contributed by atoms with van der Waals surface area (Å²) in [5.74, 6) is 0.00190. The topological polar surface area (TPSA) is 75.2 Å². The Morgan fingerprint density at radius 2 is 1.77 bits per heavy atom. The molecule has 0 saturated carbocycles. The van der Waals surface area contributed by atoms with Crippen LogP contribution in [0.1, 0.15) is 48.5 Å². The van der Waals surface area contributed by atoms with Crippen molar-refractivity contribution in [1.82, 2.24) is 10.2 Å². The number of aromatic nitrogens is 2. The molecule has 3 aromatic carbocycles. The molecule has 0 bridgehead atoms. The Morgan fingerprint density at radius 1 is 1.03 bits per heavy atom. The van der Waals surface area contributed by atoms with Gasteiger partial charge in [-0.05, 0) is 53.3 Å². The molecule has 1 heterocycles. The average molecular weight is 415 g/mol. The molecule has 4 rings (SSSR count). The van der Waals surface area contributed by atoms with E-state index >= 15 is 0 Å². The fourth-order valence-corrected chi connectivity index (χ4v) is 3.91. The van der Waals surface area contributed by atoms with Crippen LogP contribution in [0.2, 0.25) is 0 Å². The maximum absolute atomic E-state index is 11.1. The van der Waals surface area contributed by atoms with Gasteiger partial charge in [-0.1, -0.05) is 55.5 Å². The second-order valence-electron chi connectivity index (χ2n) is 7.78. The van der Waals surface area contributed by atoms with Gasteiger partial charge >= 0.3 is 5.97 Å². The molecule has 31 heavy (non-hydrogen) atoms. The molecule has 0 amide bonds. The van der Waals surface area contributed by atoms with Crippen molar-refractivity contribution >= 4 is 16.9 Å². The zero-order valence-electron chi connectivity index (χ0n) is 17.5. The number of nitrogens with zero attached hydrogens (tertiary/aromatic N) is 1.